The molecular formula is C11H14N4S. The van der Waals surface area contributed by atoms with Gasteiger partial charge in [-0.25, -0.2) is 9.97 Å². The molecule has 0 radical (unpaired) electrons. The average molecular weight is 234 g/mol. The zero-order valence-electron chi connectivity index (χ0n) is 9.45. The Bertz CT molecular complexity index is 498. The highest BCUT2D eigenvalue weighted by molar-refractivity contribution is 7.15. The molecule has 1 N–H and O–H groups in total. The van der Waals surface area contributed by atoms with Crippen molar-refractivity contribution in [3.8, 4) is 10.8 Å². The highest BCUT2D eigenvalue weighted by atomic mass is 32.1. The summed E-state index contributed by atoms with van der Waals surface area (Å²) in [7, 11) is 0. The maximum atomic E-state index is 4.73. The summed E-state index contributed by atoms with van der Waals surface area (Å²) in [5.74, 6) is 0.787. The van der Waals surface area contributed by atoms with Gasteiger partial charge in [0.25, 0.3) is 0 Å². The van der Waals surface area contributed by atoms with Crippen molar-refractivity contribution >= 4 is 11.3 Å². The van der Waals surface area contributed by atoms with E-state index in [0.29, 0.717) is 0 Å². The SMILES string of the molecule is CC1(C)CCCc2sc(-c3ncn[nH]3)nc21. The van der Waals surface area contributed by atoms with Gasteiger partial charge in [-0.05, 0) is 19.3 Å². The lowest BCUT2D eigenvalue weighted by Gasteiger charge is -2.27. The first-order valence-electron chi connectivity index (χ1n) is 5.53. The molecular weight excluding hydrogens is 220 g/mol. The Morgan fingerprint density at radius 2 is 2.31 bits per heavy atom. The molecule has 0 aromatic carbocycles. The summed E-state index contributed by atoms with van der Waals surface area (Å²) >= 11 is 1.75. The van der Waals surface area contributed by atoms with Crippen molar-refractivity contribution in [3.05, 3.63) is 16.9 Å². The minimum absolute atomic E-state index is 0.211. The van der Waals surface area contributed by atoms with Crippen molar-refractivity contribution in [2.45, 2.75) is 38.5 Å². The summed E-state index contributed by atoms with van der Waals surface area (Å²) in [6.45, 7) is 4.55. The molecule has 0 bridgehead atoms. The molecule has 0 unspecified atom stereocenters. The average Bonchev–Trinajstić information content (AvgIpc) is 2.84. The van der Waals surface area contributed by atoms with Gasteiger partial charge in [0, 0.05) is 10.3 Å². The first-order valence-corrected chi connectivity index (χ1v) is 6.34. The molecule has 3 rings (SSSR count). The summed E-state index contributed by atoms with van der Waals surface area (Å²) in [5.41, 5.74) is 1.47. The number of nitrogens with zero attached hydrogens (tertiary/aromatic N) is 3. The normalized spacial score (nSPS) is 18.4. The molecule has 1 aliphatic rings. The van der Waals surface area contributed by atoms with Gasteiger partial charge in [0.05, 0.1) is 5.69 Å². The Labute approximate surface area is 98.1 Å². The first-order chi connectivity index (χ1) is 7.67. The molecule has 2 aromatic rings. The molecule has 0 amide bonds. The van der Waals surface area contributed by atoms with E-state index < -0.39 is 0 Å². The maximum absolute atomic E-state index is 4.73. The smallest absolute Gasteiger partial charge is 0.184 e. The molecule has 0 spiro atoms. The largest absolute Gasteiger partial charge is 0.257 e. The molecule has 1 aliphatic carbocycles. The van der Waals surface area contributed by atoms with E-state index in [4.69, 9.17) is 4.98 Å². The number of aromatic amines is 1. The van der Waals surface area contributed by atoms with E-state index in [1.165, 1.54) is 29.7 Å². The Kier molecular flexibility index (Phi) is 2.10. The number of fused-ring (bicyclic) bond motifs is 1. The van der Waals surface area contributed by atoms with Crippen LogP contribution in [0, 0.1) is 0 Å². The molecule has 0 atom stereocenters. The number of hydrogen-bond donors (Lipinski definition) is 1. The van der Waals surface area contributed by atoms with Crippen molar-refractivity contribution in [2.24, 2.45) is 0 Å². The van der Waals surface area contributed by atoms with Gasteiger partial charge in [0.15, 0.2) is 10.8 Å². The maximum Gasteiger partial charge on any atom is 0.184 e. The second kappa shape index (κ2) is 3.38. The molecule has 0 saturated carbocycles. The summed E-state index contributed by atoms with van der Waals surface area (Å²) < 4.78 is 0. The van der Waals surface area contributed by atoms with Gasteiger partial charge in [-0.2, -0.15) is 5.10 Å². The van der Waals surface area contributed by atoms with Crippen LogP contribution < -0.4 is 0 Å². The lowest BCUT2D eigenvalue weighted by Crippen LogP contribution is -2.23. The Hall–Kier alpha value is -1.23. The Morgan fingerprint density at radius 1 is 1.44 bits per heavy atom. The highest BCUT2D eigenvalue weighted by Gasteiger charge is 2.31. The van der Waals surface area contributed by atoms with E-state index in [0.717, 1.165) is 17.3 Å². The molecule has 2 aromatic heterocycles. The van der Waals surface area contributed by atoms with Crippen LogP contribution in [-0.4, -0.2) is 20.2 Å². The van der Waals surface area contributed by atoms with E-state index in [1.807, 2.05) is 0 Å². The van der Waals surface area contributed by atoms with Gasteiger partial charge in [-0.1, -0.05) is 13.8 Å². The topological polar surface area (TPSA) is 54.5 Å². The summed E-state index contributed by atoms with van der Waals surface area (Å²) in [4.78, 5) is 10.3. The van der Waals surface area contributed by atoms with Crippen LogP contribution in [0.2, 0.25) is 0 Å². The molecule has 0 saturated heterocycles. The fourth-order valence-electron chi connectivity index (χ4n) is 2.27. The van der Waals surface area contributed by atoms with Crippen LogP contribution in [-0.2, 0) is 11.8 Å². The van der Waals surface area contributed by atoms with Gasteiger partial charge in [0.1, 0.15) is 6.33 Å². The third-order valence-electron chi connectivity index (χ3n) is 3.16. The second-order valence-electron chi connectivity index (χ2n) is 4.86. The summed E-state index contributed by atoms with van der Waals surface area (Å²) in [5, 5.41) is 7.72. The van der Waals surface area contributed by atoms with Crippen molar-refractivity contribution in [1.29, 1.82) is 0 Å². The van der Waals surface area contributed by atoms with Gasteiger partial charge in [-0.3, -0.25) is 5.10 Å². The predicted molar refractivity (Wildman–Crippen MR) is 63.5 cm³/mol. The van der Waals surface area contributed by atoms with Crippen LogP contribution in [0.15, 0.2) is 6.33 Å². The lowest BCUT2D eigenvalue weighted by atomic mass is 9.79. The molecule has 0 aliphatic heterocycles. The molecule has 4 nitrogen and oxygen atoms in total. The van der Waals surface area contributed by atoms with Crippen LogP contribution in [0.3, 0.4) is 0 Å². The van der Waals surface area contributed by atoms with E-state index in [-0.39, 0.29) is 5.41 Å². The van der Waals surface area contributed by atoms with Crippen molar-refractivity contribution < 1.29 is 0 Å². The number of nitrogens with one attached hydrogen (secondary N) is 1. The number of H-pyrrole nitrogens is 1. The number of hydrogen-bond acceptors (Lipinski definition) is 4. The Morgan fingerprint density at radius 3 is 3.00 bits per heavy atom. The Balaban J connectivity index is 2.09. The van der Waals surface area contributed by atoms with Crippen LogP contribution in [0.25, 0.3) is 10.8 Å². The van der Waals surface area contributed by atoms with E-state index in [1.54, 1.807) is 11.3 Å². The van der Waals surface area contributed by atoms with Crippen LogP contribution >= 0.6 is 11.3 Å². The fraction of sp³-hybridized carbons (Fsp3) is 0.545. The lowest BCUT2D eigenvalue weighted by molar-refractivity contribution is 0.424. The zero-order valence-corrected chi connectivity index (χ0v) is 10.3. The van der Waals surface area contributed by atoms with Crippen molar-refractivity contribution in [2.75, 3.05) is 0 Å². The van der Waals surface area contributed by atoms with Crippen LogP contribution in [0.5, 0.6) is 0 Å². The third kappa shape index (κ3) is 1.46. The van der Waals surface area contributed by atoms with Gasteiger partial charge < -0.3 is 0 Å². The quantitative estimate of drug-likeness (QED) is 0.825. The fourth-order valence-corrected chi connectivity index (χ4v) is 3.50. The highest BCUT2D eigenvalue weighted by Crippen LogP contribution is 2.40. The van der Waals surface area contributed by atoms with E-state index >= 15 is 0 Å². The van der Waals surface area contributed by atoms with E-state index in [9.17, 15) is 0 Å². The van der Waals surface area contributed by atoms with Gasteiger partial charge >= 0.3 is 0 Å². The predicted octanol–water partition coefficient (Wildman–Crippen LogP) is 2.54. The van der Waals surface area contributed by atoms with Crippen LogP contribution in [0.4, 0.5) is 0 Å². The molecule has 0 fully saturated rings. The minimum Gasteiger partial charge on any atom is -0.257 e. The first kappa shape index (κ1) is 9.96. The zero-order chi connectivity index (χ0) is 11.2. The van der Waals surface area contributed by atoms with E-state index in [2.05, 4.69) is 29.0 Å². The monoisotopic (exact) mass is 234 g/mol. The molecule has 2 heterocycles. The number of aryl methyl sites for hydroxylation is 1. The van der Waals surface area contributed by atoms with Crippen LogP contribution in [0.1, 0.15) is 37.3 Å². The number of aromatic nitrogens is 4. The summed E-state index contributed by atoms with van der Waals surface area (Å²) in [6.07, 6.45) is 5.17. The minimum atomic E-state index is 0.211. The van der Waals surface area contributed by atoms with Crippen molar-refractivity contribution in [1.82, 2.24) is 20.2 Å². The summed E-state index contributed by atoms with van der Waals surface area (Å²) in [6, 6.07) is 0. The van der Waals surface area contributed by atoms with Gasteiger partial charge in [-0.15, -0.1) is 11.3 Å². The van der Waals surface area contributed by atoms with Gasteiger partial charge in [0.2, 0.25) is 0 Å². The second-order valence-corrected chi connectivity index (χ2v) is 5.95. The number of rotatable bonds is 1. The molecule has 5 heteroatoms. The number of thiazole rings is 1. The molecule has 16 heavy (non-hydrogen) atoms. The van der Waals surface area contributed by atoms with Crippen molar-refractivity contribution in [3.63, 3.8) is 0 Å². The third-order valence-corrected chi connectivity index (χ3v) is 4.28. The standard InChI is InChI=1S/C11H14N4S/c1-11(2)5-3-4-7-8(11)14-10(16-7)9-12-6-13-15-9/h6H,3-5H2,1-2H3,(H,12,13,15). The molecule has 84 valence electrons.